The quantitative estimate of drug-likeness (QED) is 0.0222. The summed E-state index contributed by atoms with van der Waals surface area (Å²) in [5.41, 5.74) is 0. The van der Waals surface area contributed by atoms with Gasteiger partial charge >= 0.3 is 39.5 Å². The smallest absolute Gasteiger partial charge is 0.462 e. The molecule has 0 rings (SSSR count). The minimum Gasteiger partial charge on any atom is -0.462 e. The van der Waals surface area contributed by atoms with Crippen molar-refractivity contribution in [3.63, 3.8) is 0 Å². The van der Waals surface area contributed by atoms with E-state index in [0.717, 1.165) is 114 Å². The second kappa shape index (κ2) is 63.5. The number of aliphatic hydroxyl groups excluding tert-OH is 1. The van der Waals surface area contributed by atoms with Crippen molar-refractivity contribution < 1.29 is 80.2 Å². The fourth-order valence-electron chi connectivity index (χ4n) is 11.2. The van der Waals surface area contributed by atoms with Crippen LogP contribution in [0.1, 0.15) is 370 Å². The summed E-state index contributed by atoms with van der Waals surface area (Å²) in [4.78, 5) is 72.6. The molecule has 0 aliphatic heterocycles. The van der Waals surface area contributed by atoms with Gasteiger partial charge in [0.25, 0.3) is 0 Å². The molecule has 0 aromatic heterocycles. The molecule has 5 atom stereocenters. The van der Waals surface area contributed by atoms with Crippen LogP contribution in [0.4, 0.5) is 0 Å². The lowest BCUT2D eigenvalue weighted by molar-refractivity contribution is -0.161. The maximum atomic E-state index is 13.0. The van der Waals surface area contributed by atoms with Crippen molar-refractivity contribution in [2.24, 2.45) is 23.7 Å². The molecule has 0 aromatic carbocycles. The highest BCUT2D eigenvalue weighted by molar-refractivity contribution is 7.47. The fourth-order valence-corrected chi connectivity index (χ4v) is 12.8. The van der Waals surface area contributed by atoms with Gasteiger partial charge in [-0.2, -0.15) is 0 Å². The molecule has 0 fully saturated rings. The van der Waals surface area contributed by atoms with Crippen molar-refractivity contribution >= 4 is 39.5 Å². The minimum atomic E-state index is -4.95. The second-order valence-electron chi connectivity index (χ2n) is 28.6. The third kappa shape index (κ3) is 68.4. The second-order valence-corrected chi connectivity index (χ2v) is 31.5. The summed E-state index contributed by atoms with van der Waals surface area (Å²) in [6.45, 7) is 14.1. The molecule has 0 aromatic rings. The number of unbranched alkanes of at least 4 members (excludes halogenated alkanes) is 37. The number of esters is 4. The van der Waals surface area contributed by atoms with Gasteiger partial charge in [-0.1, -0.05) is 319 Å². The zero-order chi connectivity index (χ0) is 68.9. The van der Waals surface area contributed by atoms with Gasteiger partial charge < -0.3 is 33.8 Å². The highest BCUT2D eigenvalue weighted by Crippen LogP contribution is 2.45. The Kier molecular flexibility index (Phi) is 62.2. The summed E-state index contributed by atoms with van der Waals surface area (Å²) in [5, 5.41) is 10.6. The average Bonchev–Trinajstić information content (AvgIpc) is 3.10. The van der Waals surface area contributed by atoms with Crippen molar-refractivity contribution in [3.8, 4) is 0 Å². The monoisotopic (exact) mass is 1370 g/mol. The van der Waals surface area contributed by atoms with Gasteiger partial charge in [0.2, 0.25) is 0 Å². The van der Waals surface area contributed by atoms with E-state index in [-0.39, 0.29) is 25.7 Å². The van der Waals surface area contributed by atoms with Crippen molar-refractivity contribution in [2.45, 2.75) is 388 Å². The van der Waals surface area contributed by atoms with Gasteiger partial charge in [0.1, 0.15) is 19.3 Å². The molecular weight excluding hydrogens is 1220 g/mol. The summed E-state index contributed by atoms with van der Waals surface area (Å²) < 4.78 is 68.4. The Morgan fingerprint density at radius 2 is 0.452 bits per heavy atom. The lowest BCUT2D eigenvalue weighted by atomic mass is 10.0. The Hall–Kier alpha value is -1.94. The third-order valence-corrected chi connectivity index (χ3v) is 19.0. The zero-order valence-corrected chi connectivity index (χ0v) is 62.7. The standard InChI is InChI=1S/C74H144O17P2/c1-64(2)50-42-34-26-20-16-13-11-9-10-12-14-18-23-30-40-48-56-73(78)90-70(61-85-72(77)55-47-39-33-32-37-45-53-67(7)8)63-89-93(82,83)87-59-68(75)58-86-92(80,81)88-62-69(91-74(79)57-49-41-31-25-24-28-36-44-52-66(5)6)60-84-71(76)54-46-38-29-22-19-15-17-21-27-35-43-51-65(3)4/h64-70,75H,9-63H2,1-8H3,(H,80,81)(H,82,83)/t68?,69-,70-/m1/s1. The van der Waals surface area contributed by atoms with Crippen LogP contribution in [0, 0.1) is 23.7 Å². The number of phosphoric acid groups is 2. The lowest BCUT2D eigenvalue weighted by Gasteiger charge is -2.21. The molecule has 3 N–H and O–H groups in total. The largest absolute Gasteiger partial charge is 0.472 e. The fraction of sp³-hybridized carbons (Fsp3) is 0.946. The zero-order valence-electron chi connectivity index (χ0n) is 60.9. The number of carbonyl (C=O) groups excluding carboxylic acids is 4. The Balaban J connectivity index is 5.19. The summed E-state index contributed by atoms with van der Waals surface area (Å²) >= 11 is 0. The van der Waals surface area contributed by atoms with Gasteiger partial charge in [-0.3, -0.25) is 37.3 Å². The Morgan fingerprint density at radius 1 is 0.269 bits per heavy atom. The third-order valence-electron chi connectivity index (χ3n) is 17.1. The van der Waals surface area contributed by atoms with E-state index >= 15 is 0 Å². The first-order chi connectivity index (χ1) is 44.6. The summed E-state index contributed by atoms with van der Waals surface area (Å²) in [7, 11) is -9.91. The number of carbonyl (C=O) groups is 4. The van der Waals surface area contributed by atoms with E-state index in [2.05, 4.69) is 55.4 Å². The van der Waals surface area contributed by atoms with E-state index in [9.17, 15) is 43.2 Å². The van der Waals surface area contributed by atoms with Crippen molar-refractivity contribution in [3.05, 3.63) is 0 Å². The Bertz CT molecular complexity index is 1830. The number of rotatable bonds is 71. The first-order valence-electron chi connectivity index (χ1n) is 38.2. The van der Waals surface area contributed by atoms with Crippen molar-refractivity contribution in [1.29, 1.82) is 0 Å². The van der Waals surface area contributed by atoms with Crippen LogP contribution in [0.2, 0.25) is 0 Å². The summed E-state index contributed by atoms with van der Waals surface area (Å²) in [6.07, 6.45) is 47.4. The van der Waals surface area contributed by atoms with Gasteiger partial charge in [-0.15, -0.1) is 0 Å². The predicted octanol–water partition coefficient (Wildman–Crippen LogP) is 21.3. The highest BCUT2D eigenvalue weighted by atomic mass is 31.2. The van der Waals surface area contributed by atoms with E-state index in [1.807, 2.05) is 0 Å². The van der Waals surface area contributed by atoms with Crippen LogP contribution in [0.15, 0.2) is 0 Å². The topological polar surface area (TPSA) is 237 Å². The molecule has 0 aliphatic rings. The number of phosphoric ester groups is 2. The maximum absolute atomic E-state index is 13.0. The summed E-state index contributed by atoms with van der Waals surface area (Å²) in [6, 6.07) is 0. The van der Waals surface area contributed by atoms with Gasteiger partial charge in [-0.05, 0) is 49.4 Å². The lowest BCUT2D eigenvalue weighted by Crippen LogP contribution is -2.30. The van der Waals surface area contributed by atoms with Gasteiger partial charge in [0.15, 0.2) is 12.2 Å². The van der Waals surface area contributed by atoms with Crippen LogP contribution in [0.25, 0.3) is 0 Å². The van der Waals surface area contributed by atoms with Crippen LogP contribution >= 0.6 is 15.6 Å². The van der Waals surface area contributed by atoms with Gasteiger partial charge in [0.05, 0.1) is 26.4 Å². The molecule has 0 aliphatic carbocycles. The maximum Gasteiger partial charge on any atom is 0.472 e. The van der Waals surface area contributed by atoms with Crippen molar-refractivity contribution in [1.82, 2.24) is 0 Å². The van der Waals surface area contributed by atoms with E-state index in [1.165, 1.54) is 167 Å². The molecule has 0 radical (unpaired) electrons. The first-order valence-corrected chi connectivity index (χ1v) is 41.2. The molecule has 552 valence electrons. The molecule has 0 amide bonds. The normalized spacial score (nSPS) is 14.2. The molecule has 0 saturated carbocycles. The van der Waals surface area contributed by atoms with E-state index in [1.54, 1.807) is 0 Å². The van der Waals surface area contributed by atoms with Gasteiger partial charge in [0, 0.05) is 25.7 Å². The first kappa shape index (κ1) is 91.1. The van der Waals surface area contributed by atoms with Gasteiger partial charge in [-0.25, -0.2) is 9.13 Å². The van der Waals surface area contributed by atoms with Crippen LogP contribution in [-0.2, 0) is 65.4 Å². The van der Waals surface area contributed by atoms with Crippen LogP contribution in [0.3, 0.4) is 0 Å². The number of ether oxygens (including phenoxy) is 4. The Morgan fingerprint density at radius 3 is 0.667 bits per heavy atom. The van der Waals surface area contributed by atoms with Crippen LogP contribution < -0.4 is 0 Å². The molecule has 17 nitrogen and oxygen atoms in total. The molecule has 0 spiro atoms. The van der Waals surface area contributed by atoms with E-state index in [0.29, 0.717) is 31.6 Å². The molecule has 93 heavy (non-hydrogen) atoms. The highest BCUT2D eigenvalue weighted by Gasteiger charge is 2.30. The van der Waals surface area contributed by atoms with Crippen molar-refractivity contribution in [2.75, 3.05) is 39.6 Å². The van der Waals surface area contributed by atoms with E-state index < -0.39 is 97.5 Å². The molecule has 0 saturated heterocycles. The molecule has 0 bridgehead atoms. The average molecular weight is 1370 g/mol. The van der Waals surface area contributed by atoms with Crippen LogP contribution in [-0.4, -0.2) is 96.7 Å². The molecule has 19 heteroatoms. The molecular formula is C74H144O17P2. The number of hydrogen-bond donors (Lipinski definition) is 3. The minimum absolute atomic E-state index is 0.104. The number of hydrogen-bond acceptors (Lipinski definition) is 15. The number of aliphatic hydroxyl groups is 1. The van der Waals surface area contributed by atoms with Crippen LogP contribution in [0.5, 0.6) is 0 Å². The van der Waals surface area contributed by atoms with E-state index in [4.69, 9.17) is 37.0 Å². The molecule has 0 heterocycles. The summed E-state index contributed by atoms with van der Waals surface area (Å²) in [5.74, 6) is 0.851. The SMILES string of the molecule is CC(C)CCCCCCCCCCCCCCCCCCC(=O)O[C@H](COC(=O)CCCCCCCCC(C)C)COP(=O)(O)OCC(O)COP(=O)(O)OC[C@@H](COC(=O)CCCCCCCCCCCCCC(C)C)OC(=O)CCCCCCCCCCC(C)C. The predicted molar refractivity (Wildman–Crippen MR) is 377 cm³/mol. The molecule has 3 unspecified atom stereocenters. The Labute approximate surface area is 568 Å².